The second-order valence-electron chi connectivity index (χ2n) is 7.52. The number of carbonyl (C=O) groups is 2. The van der Waals surface area contributed by atoms with E-state index in [1.54, 1.807) is 6.92 Å². The molecule has 1 N–H and O–H groups in total. The predicted molar refractivity (Wildman–Crippen MR) is 106 cm³/mol. The molecule has 0 unspecified atom stereocenters. The van der Waals surface area contributed by atoms with Crippen molar-refractivity contribution in [1.82, 2.24) is 9.80 Å². The number of rotatable bonds is 2. The van der Waals surface area contributed by atoms with E-state index in [4.69, 9.17) is 0 Å². The van der Waals surface area contributed by atoms with Gasteiger partial charge in [-0.25, -0.2) is 4.79 Å². The molecule has 0 spiro atoms. The molecule has 5 nitrogen and oxygen atoms in total. The molecular weight excluding hydrogens is 338 g/mol. The first kappa shape index (κ1) is 17.6. The molecule has 140 valence electrons. The smallest absolute Gasteiger partial charge is 0.322 e. The van der Waals surface area contributed by atoms with Crippen molar-refractivity contribution >= 4 is 17.6 Å². The Balaban J connectivity index is 1.55. The first-order valence-corrected chi connectivity index (χ1v) is 9.59. The minimum Gasteiger partial charge on any atom is -0.341 e. The Labute approximate surface area is 160 Å². The van der Waals surface area contributed by atoms with Crippen LogP contribution in [0, 0.1) is 5.92 Å². The zero-order valence-corrected chi connectivity index (χ0v) is 15.6. The highest BCUT2D eigenvalue weighted by molar-refractivity contribution is 5.94. The largest absolute Gasteiger partial charge is 0.341 e. The molecular formula is C22H25N3O2. The molecule has 27 heavy (non-hydrogen) atoms. The van der Waals surface area contributed by atoms with Gasteiger partial charge in [0, 0.05) is 32.1 Å². The van der Waals surface area contributed by atoms with Gasteiger partial charge in [-0.3, -0.25) is 4.79 Å². The van der Waals surface area contributed by atoms with Crippen molar-refractivity contribution in [3.8, 4) is 11.1 Å². The van der Waals surface area contributed by atoms with Gasteiger partial charge in [0.25, 0.3) is 0 Å². The van der Waals surface area contributed by atoms with Crippen LogP contribution in [0.1, 0.15) is 19.8 Å². The molecule has 5 rings (SSSR count). The number of hydrogen-bond donors (Lipinski definition) is 1. The Morgan fingerprint density at radius 2 is 1.67 bits per heavy atom. The first-order valence-electron chi connectivity index (χ1n) is 9.59. The van der Waals surface area contributed by atoms with E-state index in [1.807, 2.05) is 64.4 Å². The van der Waals surface area contributed by atoms with Crippen LogP contribution >= 0.6 is 0 Å². The number of nitrogens with one attached hydrogen (secondary N) is 1. The zero-order chi connectivity index (χ0) is 18.8. The Morgan fingerprint density at radius 3 is 2.44 bits per heavy atom. The van der Waals surface area contributed by atoms with Crippen LogP contribution < -0.4 is 5.32 Å². The number of benzene rings is 2. The van der Waals surface area contributed by atoms with E-state index in [-0.39, 0.29) is 18.0 Å². The summed E-state index contributed by atoms with van der Waals surface area (Å²) in [7, 11) is 0. The van der Waals surface area contributed by atoms with E-state index in [0.717, 1.165) is 36.2 Å². The number of hydrogen-bond acceptors (Lipinski definition) is 2. The van der Waals surface area contributed by atoms with Gasteiger partial charge in [0.15, 0.2) is 0 Å². The Kier molecular flexibility index (Phi) is 4.84. The second-order valence-corrected chi connectivity index (χ2v) is 7.52. The van der Waals surface area contributed by atoms with Gasteiger partial charge in [-0.2, -0.15) is 0 Å². The number of nitrogens with zero attached hydrogens (tertiary/aromatic N) is 2. The van der Waals surface area contributed by atoms with Crippen molar-refractivity contribution in [3.63, 3.8) is 0 Å². The van der Waals surface area contributed by atoms with Gasteiger partial charge < -0.3 is 15.1 Å². The molecule has 0 saturated carbocycles. The predicted octanol–water partition coefficient (Wildman–Crippen LogP) is 3.83. The van der Waals surface area contributed by atoms with E-state index in [0.29, 0.717) is 19.0 Å². The summed E-state index contributed by atoms with van der Waals surface area (Å²) >= 11 is 0. The fourth-order valence-corrected chi connectivity index (χ4v) is 4.24. The van der Waals surface area contributed by atoms with Crippen LogP contribution in [-0.4, -0.2) is 47.4 Å². The Morgan fingerprint density at radius 1 is 0.926 bits per heavy atom. The molecule has 0 aliphatic carbocycles. The molecule has 2 bridgehead atoms. The van der Waals surface area contributed by atoms with E-state index in [2.05, 4.69) is 5.32 Å². The molecule has 2 atom stereocenters. The first-order chi connectivity index (χ1) is 13.1. The number of urea groups is 1. The highest BCUT2D eigenvalue weighted by Gasteiger charge is 2.38. The fourth-order valence-electron chi connectivity index (χ4n) is 4.24. The summed E-state index contributed by atoms with van der Waals surface area (Å²) in [5.74, 6) is 0.464. The van der Waals surface area contributed by atoms with Crippen LogP contribution in [0.2, 0.25) is 0 Å². The van der Waals surface area contributed by atoms with Crippen molar-refractivity contribution in [3.05, 3.63) is 54.6 Å². The maximum atomic E-state index is 13.1. The van der Waals surface area contributed by atoms with Gasteiger partial charge >= 0.3 is 6.03 Å². The summed E-state index contributed by atoms with van der Waals surface area (Å²) in [5, 5.41) is 3.12. The van der Waals surface area contributed by atoms with Gasteiger partial charge in [-0.15, -0.1) is 0 Å². The normalized spacial score (nSPS) is 21.7. The van der Waals surface area contributed by atoms with Gasteiger partial charge in [0.2, 0.25) is 5.91 Å². The topological polar surface area (TPSA) is 52.7 Å². The summed E-state index contributed by atoms with van der Waals surface area (Å²) in [4.78, 5) is 28.8. The van der Waals surface area contributed by atoms with Crippen molar-refractivity contribution in [2.45, 2.75) is 25.8 Å². The second kappa shape index (κ2) is 7.43. The molecule has 2 aromatic rings. The third-order valence-electron chi connectivity index (χ3n) is 5.67. The summed E-state index contributed by atoms with van der Waals surface area (Å²) in [5.41, 5.74) is 2.91. The zero-order valence-electron chi connectivity index (χ0n) is 15.6. The lowest BCUT2D eigenvalue weighted by Crippen LogP contribution is -2.49. The molecule has 3 aliphatic rings. The Hall–Kier alpha value is -2.82. The van der Waals surface area contributed by atoms with E-state index in [9.17, 15) is 9.59 Å². The highest BCUT2D eigenvalue weighted by atomic mass is 16.2. The molecule has 3 amide bonds. The molecule has 3 heterocycles. The van der Waals surface area contributed by atoms with Crippen LogP contribution in [0.5, 0.6) is 0 Å². The van der Waals surface area contributed by atoms with Crippen molar-refractivity contribution < 1.29 is 9.59 Å². The number of fused-ring (bicyclic) bond motifs is 4. The van der Waals surface area contributed by atoms with Crippen LogP contribution in [0.3, 0.4) is 0 Å². The maximum absolute atomic E-state index is 13.1. The van der Waals surface area contributed by atoms with Gasteiger partial charge in [0.05, 0.1) is 11.7 Å². The molecule has 2 aromatic carbocycles. The summed E-state index contributed by atoms with van der Waals surface area (Å²) in [6.45, 7) is 3.73. The van der Waals surface area contributed by atoms with Gasteiger partial charge in [-0.05, 0) is 30.4 Å². The fraction of sp³-hybridized carbons (Fsp3) is 0.364. The molecule has 0 aromatic heterocycles. The molecule has 3 fully saturated rings. The van der Waals surface area contributed by atoms with E-state index < -0.39 is 0 Å². The van der Waals surface area contributed by atoms with Crippen LogP contribution in [0.25, 0.3) is 11.1 Å². The molecule has 3 saturated heterocycles. The minimum atomic E-state index is -0.0708. The van der Waals surface area contributed by atoms with Crippen molar-refractivity contribution in [2.75, 3.05) is 25.0 Å². The third kappa shape index (κ3) is 3.68. The van der Waals surface area contributed by atoms with Crippen LogP contribution in [0.4, 0.5) is 10.5 Å². The average Bonchev–Trinajstić information content (AvgIpc) is 3.01. The summed E-state index contributed by atoms with van der Waals surface area (Å²) < 4.78 is 0. The van der Waals surface area contributed by atoms with Gasteiger partial charge in [0.1, 0.15) is 0 Å². The van der Waals surface area contributed by atoms with Crippen molar-refractivity contribution in [1.29, 1.82) is 0 Å². The monoisotopic (exact) mass is 363 g/mol. The summed E-state index contributed by atoms with van der Waals surface area (Å²) in [6.07, 6.45) is 2.04. The lowest BCUT2D eigenvalue weighted by molar-refractivity contribution is -0.129. The van der Waals surface area contributed by atoms with Gasteiger partial charge in [-0.1, -0.05) is 48.5 Å². The highest BCUT2D eigenvalue weighted by Crippen LogP contribution is 2.31. The molecule has 0 radical (unpaired) electrons. The number of piperidine rings is 1. The summed E-state index contributed by atoms with van der Waals surface area (Å²) in [6, 6.07) is 18.0. The van der Waals surface area contributed by atoms with Crippen LogP contribution in [0.15, 0.2) is 54.6 Å². The third-order valence-corrected chi connectivity index (χ3v) is 5.67. The Bertz CT molecular complexity index is 836. The lowest BCUT2D eigenvalue weighted by Gasteiger charge is -2.36. The number of carbonyl (C=O) groups excluding carboxylic acids is 2. The maximum Gasteiger partial charge on any atom is 0.322 e. The standard InChI is InChI=1S/C22H25N3O2/c1-16(26)24-13-17-11-12-19(15-24)25(14-17)22(27)23-21-10-6-5-9-20(21)18-7-3-2-4-8-18/h2-10,17,19H,11-15H2,1H3,(H,23,27)/t17-,19+/m0/s1. The van der Waals surface area contributed by atoms with Crippen molar-refractivity contribution in [2.24, 2.45) is 5.92 Å². The van der Waals surface area contributed by atoms with Crippen LogP contribution in [-0.2, 0) is 4.79 Å². The number of amides is 3. The number of anilines is 1. The van der Waals surface area contributed by atoms with E-state index in [1.165, 1.54) is 0 Å². The quantitative estimate of drug-likeness (QED) is 0.882. The molecule has 3 aliphatic heterocycles. The number of para-hydroxylation sites is 1. The SMILES string of the molecule is CC(=O)N1C[C@@H]2CC[C@H](C1)N(C(=O)Nc1ccccc1-c1ccccc1)C2. The average molecular weight is 363 g/mol. The lowest BCUT2D eigenvalue weighted by atomic mass is 9.95. The minimum absolute atomic E-state index is 0.0708. The van der Waals surface area contributed by atoms with E-state index >= 15 is 0 Å². The molecule has 5 heteroatoms.